The summed E-state index contributed by atoms with van der Waals surface area (Å²) < 4.78 is 6.18. The van der Waals surface area contributed by atoms with E-state index in [2.05, 4.69) is 49.0 Å². The number of hydrogen-bond donors (Lipinski definition) is 7. The molecule has 3 aliphatic heterocycles. The molecule has 8 atom stereocenters. The maximum atomic E-state index is 10.7. The van der Waals surface area contributed by atoms with E-state index in [1.54, 1.807) is 0 Å². The number of nitrogens with zero attached hydrogens (tertiary/aromatic N) is 2. The van der Waals surface area contributed by atoms with Gasteiger partial charge in [-0.25, -0.2) is 4.90 Å². The van der Waals surface area contributed by atoms with Gasteiger partial charge in [-0.15, -0.1) is 0 Å². The summed E-state index contributed by atoms with van der Waals surface area (Å²) in [5.74, 6) is 0.750. The number of aliphatic hydroxyl groups excluding tert-OH is 2. The van der Waals surface area contributed by atoms with Gasteiger partial charge in [0, 0.05) is 37.2 Å². The van der Waals surface area contributed by atoms with Crippen LogP contribution in [-0.2, 0) is 4.74 Å². The Kier molecular flexibility index (Phi) is 8.82. The number of hydrogen-bond acceptors (Lipinski definition) is 10. The lowest BCUT2D eigenvalue weighted by Gasteiger charge is -2.38. The molecular formula is C21H42BrN7O3. The van der Waals surface area contributed by atoms with Gasteiger partial charge in [0.05, 0.1) is 25.0 Å². The highest BCUT2D eigenvalue weighted by Crippen LogP contribution is 2.31. The molecule has 4 fully saturated rings. The minimum absolute atomic E-state index is 0.0241. The van der Waals surface area contributed by atoms with Crippen LogP contribution in [0.3, 0.4) is 0 Å². The van der Waals surface area contributed by atoms with Gasteiger partial charge in [-0.3, -0.25) is 16.0 Å². The van der Waals surface area contributed by atoms with E-state index in [0.29, 0.717) is 30.8 Å². The third-order valence-corrected chi connectivity index (χ3v) is 8.68. The van der Waals surface area contributed by atoms with Gasteiger partial charge in [-0.05, 0) is 45.6 Å². The summed E-state index contributed by atoms with van der Waals surface area (Å²) in [5, 5.41) is 35.0. The van der Waals surface area contributed by atoms with E-state index < -0.39 is 24.5 Å². The quantitative estimate of drug-likeness (QED) is 0.186. The predicted molar refractivity (Wildman–Crippen MR) is 127 cm³/mol. The summed E-state index contributed by atoms with van der Waals surface area (Å²) >= 11 is 3.74. The Labute approximate surface area is 200 Å². The van der Waals surface area contributed by atoms with Gasteiger partial charge < -0.3 is 30.9 Å². The molecular weight excluding hydrogens is 478 g/mol. The molecule has 0 spiro atoms. The van der Waals surface area contributed by atoms with Crippen LogP contribution in [0.25, 0.3) is 0 Å². The zero-order valence-corrected chi connectivity index (χ0v) is 20.9. The van der Waals surface area contributed by atoms with Crippen molar-refractivity contribution in [1.29, 1.82) is 0 Å². The van der Waals surface area contributed by atoms with E-state index in [-0.39, 0.29) is 18.4 Å². The molecule has 8 N–H and O–H groups in total. The first kappa shape index (κ1) is 25.2. The van der Waals surface area contributed by atoms with Crippen molar-refractivity contribution in [1.82, 2.24) is 31.1 Å². The zero-order valence-electron chi connectivity index (χ0n) is 19.3. The van der Waals surface area contributed by atoms with Gasteiger partial charge in [0.2, 0.25) is 0 Å². The van der Waals surface area contributed by atoms with Crippen LogP contribution in [0.15, 0.2) is 0 Å². The second-order valence-corrected chi connectivity index (χ2v) is 11.3. The number of fused-ring (bicyclic) bond motifs is 1. The molecule has 0 bridgehead atoms. The summed E-state index contributed by atoms with van der Waals surface area (Å²) in [6, 6.07) is 0.540. The Morgan fingerprint density at radius 1 is 1.19 bits per heavy atom. The number of alkyl halides is 1. The van der Waals surface area contributed by atoms with E-state index in [1.165, 1.54) is 25.7 Å². The number of aliphatic hydroxyl groups is 2. The zero-order chi connectivity index (χ0) is 22.8. The molecule has 0 aromatic heterocycles. The highest BCUT2D eigenvalue weighted by molar-refractivity contribution is 9.09. The van der Waals surface area contributed by atoms with Crippen molar-refractivity contribution in [2.75, 3.05) is 40.0 Å². The Bertz CT molecular complexity index is 600. The van der Waals surface area contributed by atoms with Gasteiger partial charge >= 0.3 is 0 Å². The number of nitrogens with one attached hydrogen (secondary N) is 4. The highest BCUT2D eigenvalue weighted by atomic mass is 79.9. The average molecular weight is 521 g/mol. The maximum Gasteiger partial charge on any atom is 0.142 e. The fourth-order valence-corrected chi connectivity index (χ4v) is 6.16. The van der Waals surface area contributed by atoms with Crippen LogP contribution in [0, 0.1) is 5.92 Å². The van der Waals surface area contributed by atoms with Gasteiger partial charge in [-0.2, -0.15) is 0 Å². The number of rotatable bonds is 8. The van der Waals surface area contributed by atoms with E-state index in [9.17, 15) is 10.2 Å². The van der Waals surface area contributed by atoms with Gasteiger partial charge in [0.15, 0.2) is 0 Å². The summed E-state index contributed by atoms with van der Waals surface area (Å²) in [5.41, 5.74) is 6.15. The van der Waals surface area contributed by atoms with E-state index in [4.69, 9.17) is 10.5 Å². The lowest BCUT2D eigenvalue weighted by Crippen LogP contribution is -2.68. The third-order valence-electron chi connectivity index (χ3n) is 7.77. The molecule has 186 valence electrons. The first-order chi connectivity index (χ1) is 15.3. The summed E-state index contributed by atoms with van der Waals surface area (Å²) in [4.78, 5) is 4.89. The second-order valence-electron chi connectivity index (χ2n) is 10.0. The standard InChI is InChI=1S/C21H42BrN7O3/c1-12(13-3-5-14(22)6-4-13)24-7-8-28(2)9-15-17(30)18(31)21(32-15)29-11-27-16-19(23)25-10-26-20(16)29/h12-21,24-27,30-31H,3-11,23H2,1-2H3/t12?,13?,14?,15-,16?,17-,18-,19?,20?,21-/m1/s1. The number of likely N-dealkylation sites (N-methyl/N-ethyl adjacent to an activating group) is 1. The lowest BCUT2D eigenvalue weighted by atomic mass is 9.84. The normalized spacial score (nSPS) is 44.2. The fraction of sp³-hybridized carbons (Fsp3) is 1.00. The van der Waals surface area contributed by atoms with E-state index >= 15 is 0 Å². The third kappa shape index (κ3) is 5.65. The molecule has 0 aromatic carbocycles. The molecule has 4 rings (SSSR count). The molecule has 11 heteroatoms. The van der Waals surface area contributed by atoms with Crippen LogP contribution in [0.4, 0.5) is 0 Å². The van der Waals surface area contributed by atoms with Crippen molar-refractivity contribution in [3.8, 4) is 0 Å². The Morgan fingerprint density at radius 2 is 1.94 bits per heavy atom. The largest absolute Gasteiger partial charge is 0.387 e. The molecule has 0 aromatic rings. The molecule has 10 nitrogen and oxygen atoms in total. The monoisotopic (exact) mass is 519 g/mol. The maximum absolute atomic E-state index is 10.7. The predicted octanol–water partition coefficient (Wildman–Crippen LogP) is -1.71. The number of halogens is 1. The smallest absolute Gasteiger partial charge is 0.142 e. The van der Waals surface area contributed by atoms with Crippen molar-refractivity contribution in [2.24, 2.45) is 11.7 Å². The Hall–Kier alpha value is 0.0800. The summed E-state index contributed by atoms with van der Waals surface area (Å²) in [7, 11) is 2.04. The van der Waals surface area contributed by atoms with Crippen molar-refractivity contribution in [3.63, 3.8) is 0 Å². The van der Waals surface area contributed by atoms with E-state index in [0.717, 1.165) is 19.0 Å². The Balaban J connectivity index is 1.21. The minimum Gasteiger partial charge on any atom is -0.387 e. The van der Waals surface area contributed by atoms with Crippen molar-refractivity contribution in [3.05, 3.63) is 0 Å². The molecule has 3 heterocycles. The first-order valence-electron chi connectivity index (χ1n) is 12.1. The highest BCUT2D eigenvalue weighted by Gasteiger charge is 2.51. The van der Waals surface area contributed by atoms with Gasteiger partial charge in [0.25, 0.3) is 0 Å². The van der Waals surface area contributed by atoms with Crippen LogP contribution in [0.1, 0.15) is 32.6 Å². The first-order valence-corrected chi connectivity index (χ1v) is 13.1. The number of ether oxygens (including phenoxy) is 1. The van der Waals surface area contributed by atoms with Gasteiger partial charge in [0.1, 0.15) is 24.5 Å². The summed E-state index contributed by atoms with van der Waals surface area (Å²) in [6.45, 7) is 5.78. The van der Waals surface area contributed by atoms with Crippen LogP contribution < -0.4 is 27.0 Å². The fourth-order valence-electron chi connectivity index (χ4n) is 5.63. The van der Waals surface area contributed by atoms with Crippen LogP contribution >= 0.6 is 15.9 Å². The topological polar surface area (TPSA) is 130 Å². The minimum atomic E-state index is -0.954. The molecule has 1 saturated carbocycles. The SMILES string of the molecule is CC(NCCN(C)C[C@H]1O[C@@H](N2CNC3C(N)NCNC32)[C@H](O)[C@@H]1O)C1CCC(Br)CC1. The van der Waals surface area contributed by atoms with Crippen molar-refractivity contribution >= 4 is 15.9 Å². The average Bonchev–Trinajstić information content (AvgIpc) is 3.31. The van der Waals surface area contributed by atoms with Crippen LogP contribution in [0.2, 0.25) is 0 Å². The molecule has 4 aliphatic rings. The van der Waals surface area contributed by atoms with Crippen LogP contribution in [-0.4, -0.2) is 114 Å². The molecule has 32 heavy (non-hydrogen) atoms. The van der Waals surface area contributed by atoms with Crippen molar-refractivity contribution < 1.29 is 14.9 Å². The molecule has 0 amide bonds. The molecule has 3 saturated heterocycles. The molecule has 0 radical (unpaired) electrons. The molecule has 4 unspecified atom stereocenters. The number of nitrogens with two attached hydrogens (primary N) is 1. The van der Waals surface area contributed by atoms with E-state index in [1.807, 2.05) is 11.9 Å². The van der Waals surface area contributed by atoms with Crippen molar-refractivity contribution in [2.45, 2.75) is 86.4 Å². The second kappa shape index (κ2) is 11.2. The summed E-state index contributed by atoms with van der Waals surface area (Å²) in [6.07, 6.45) is 2.03. The molecule has 1 aliphatic carbocycles. The van der Waals surface area contributed by atoms with Crippen LogP contribution in [0.5, 0.6) is 0 Å². The van der Waals surface area contributed by atoms with Gasteiger partial charge in [-0.1, -0.05) is 15.9 Å². The Morgan fingerprint density at radius 3 is 2.69 bits per heavy atom. The lowest BCUT2D eigenvalue weighted by molar-refractivity contribution is -0.106.